The molecule has 0 radical (unpaired) electrons. The maximum Gasteiger partial charge on any atom is 0.263 e. The second-order valence-electron chi connectivity index (χ2n) is 8.19. The van der Waals surface area contributed by atoms with Crippen molar-refractivity contribution in [2.24, 2.45) is 0 Å². The van der Waals surface area contributed by atoms with Gasteiger partial charge in [0.05, 0.1) is 22.3 Å². The summed E-state index contributed by atoms with van der Waals surface area (Å²) in [5, 5.41) is 9.93. The summed E-state index contributed by atoms with van der Waals surface area (Å²) < 4.78 is 1.55. The molecule has 0 saturated heterocycles. The molecule has 0 bridgehead atoms. The van der Waals surface area contributed by atoms with E-state index >= 15 is 0 Å². The zero-order valence-electron chi connectivity index (χ0n) is 19.3. The Balaban J connectivity index is 1.74. The summed E-state index contributed by atoms with van der Waals surface area (Å²) in [7, 11) is 0. The van der Waals surface area contributed by atoms with Gasteiger partial charge in [-0.25, -0.2) is 14.5 Å². The van der Waals surface area contributed by atoms with E-state index in [4.69, 9.17) is 16.6 Å². The predicted molar refractivity (Wildman–Crippen MR) is 135 cm³/mol. The highest BCUT2D eigenvalue weighted by Crippen LogP contribution is 2.24. The third-order valence-corrected chi connectivity index (χ3v) is 6.05. The maximum atomic E-state index is 13.6. The quantitative estimate of drug-likeness (QED) is 0.330. The van der Waals surface area contributed by atoms with Crippen molar-refractivity contribution in [3.8, 4) is 23.0 Å². The highest BCUT2D eigenvalue weighted by molar-refractivity contribution is 6.30. The van der Waals surface area contributed by atoms with Gasteiger partial charge in [0, 0.05) is 18.2 Å². The van der Waals surface area contributed by atoms with Crippen LogP contribution in [-0.4, -0.2) is 14.5 Å². The summed E-state index contributed by atoms with van der Waals surface area (Å²) in [6.07, 6.45) is 4.75. The number of hydrogen-bond donors (Lipinski definition) is 0. The number of rotatable bonds is 7. The smallest absolute Gasteiger partial charge is 0.263 e. The van der Waals surface area contributed by atoms with Gasteiger partial charge in [-0.15, -0.1) is 0 Å². The number of aryl methyl sites for hydroxylation is 2. The lowest BCUT2D eigenvalue weighted by atomic mass is 9.97. The molecule has 170 valence electrons. The highest BCUT2D eigenvalue weighted by Gasteiger charge is 2.17. The number of halogens is 1. The van der Waals surface area contributed by atoms with Gasteiger partial charge in [0.1, 0.15) is 11.6 Å². The second-order valence-corrected chi connectivity index (χ2v) is 8.63. The van der Waals surface area contributed by atoms with Crippen LogP contribution in [0.15, 0.2) is 71.7 Å². The fraction of sp³-hybridized carbons (Fsp3) is 0.214. The molecule has 0 spiro atoms. The standard InChI is InChI=1S/C28H25ClN4O/c1-3-4-9-26-25(28(34)33(19(2)32-26)27-15-14-23(29)18-31-27)16-20-10-12-21(13-11-20)24-8-6-5-7-22(24)17-30/h5-8,10-15,18H,3-4,9,16H2,1-2H3. The molecule has 0 atom stereocenters. The molecule has 2 aromatic carbocycles. The number of nitrogens with zero attached hydrogens (tertiary/aromatic N) is 4. The van der Waals surface area contributed by atoms with Crippen LogP contribution in [0.2, 0.25) is 5.02 Å². The van der Waals surface area contributed by atoms with Crippen LogP contribution in [0, 0.1) is 18.3 Å². The second kappa shape index (κ2) is 10.5. The Hall–Kier alpha value is -3.75. The molecule has 0 aliphatic rings. The lowest BCUT2D eigenvalue weighted by molar-refractivity contribution is 0.729. The summed E-state index contributed by atoms with van der Waals surface area (Å²) in [6, 6.07) is 21.3. The van der Waals surface area contributed by atoms with Crippen LogP contribution in [-0.2, 0) is 12.8 Å². The van der Waals surface area contributed by atoms with Crippen LogP contribution in [0.1, 0.15) is 48.0 Å². The Kier molecular flexibility index (Phi) is 7.20. The van der Waals surface area contributed by atoms with Crippen LogP contribution in [0.3, 0.4) is 0 Å². The highest BCUT2D eigenvalue weighted by atomic mass is 35.5. The third-order valence-electron chi connectivity index (χ3n) is 5.83. The van der Waals surface area contributed by atoms with Crippen LogP contribution >= 0.6 is 11.6 Å². The fourth-order valence-corrected chi connectivity index (χ4v) is 4.17. The first-order valence-corrected chi connectivity index (χ1v) is 11.7. The van der Waals surface area contributed by atoms with Gasteiger partial charge in [-0.2, -0.15) is 5.26 Å². The summed E-state index contributed by atoms with van der Waals surface area (Å²) in [5.74, 6) is 1.12. The first kappa shape index (κ1) is 23.4. The Bertz CT molecular complexity index is 1400. The minimum Gasteiger partial charge on any atom is -0.268 e. The summed E-state index contributed by atoms with van der Waals surface area (Å²) in [6.45, 7) is 3.96. The van der Waals surface area contributed by atoms with Crippen molar-refractivity contribution in [2.45, 2.75) is 39.5 Å². The van der Waals surface area contributed by atoms with Crippen molar-refractivity contribution in [1.82, 2.24) is 14.5 Å². The molecular weight excluding hydrogens is 444 g/mol. The van der Waals surface area contributed by atoms with Gasteiger partial charge in [-0.05, 0) is 54.7 Å². The van der Waals surface area contributed by atoms with Crippen molar-refractivity contribution in [1.29, 1.82) is 5.26 Å². The van der Waals surface area contributed by atoms with Crippen molar-refractivity contribution >= 4 is 11.6 Å². The molecule has 6 heteroatoms. The summed E-state index contributed by atoms with van der Waals surface area (Å²) in [4.78, 5) is 22.8. The van der Waals surface area contributed by atoms with E-state index in [0.717, 1.165) is 41.6 Å². The largest absolute Gasteiger partial charge is 0.268 e. The number of pyridine rings is 1. The monoisotopic (exact) mass is 468 g/mol. The predicted octanol–water partition coefficient (Wildman–Crippen LogP) is 6.06. The molecule has 2 heterocycles. The van der Waals surface area contributed by atoms with Gasteiger partial charge >= 0.3 is 0 Å². The Morgan fingerprint density at radius 2 is 1.82 bits per heavy atom. The number of benzene rings is 2. The van der Waals surface area contributed by atoms with E-state index in [-0.39, 0.29) is 5.56 Å². The molecule has 0 saturated carbocycles. The van der Waals surface area contributed by atoms with Gasteiger partial charge in [-0.1, -0.05) is 67.4 Å². The molecule has 0 aliphatic heterocycles. The van der Waals surface area contributed by atoms with E-state index < -0.39 is 0 Å². The fourth-order valence-electron chi connectivity index (χ4n) is 4.06. The first-order valence-electron chi connectivity index (χ1n) is 11.3. The molecular formula is C28H25ClN4O. The zero-order chi connectivity index (χ0) is 24.1. The van der Waals surface area contributed by atoms with E-state index in [1.54, 1.807) is 16.7 Å². The lowest BCUT2D eigenvalue weighted by Gasteiger charge is -2.15. The minimum absolute atomic E-state index is 0.104. The van der Waals surface area contributed by atoms with E-state index in [1.807, 2.05) is 55.5 Å². The molecule has 0 N–H and O–H groups in total. The van der Waals surface area contributed by atoms with Gasteiger partial charge in [0.2, 0.25) is 0 Å². The third kappa shape index (κ3) is 4.93. The number of aromatic nitrogens is 3. The summed E-state index contributed by atoms with van der Waals surface area (Å²) in [5.41, 5.74) is 4.93. The molecule has 34 heavy (non-hydrogen) atoms. The normalized spacial score (nSPS) is 10.8. The molecule has 0 amide bonds. The summed E-state index contributed by atoms with van der Waals surface area (Å²) >= 11 is 5.99. The van der Waals surface area contributed by atoms with Crippen LogP contribution in [0.25, 0.3) is 16.9 Å². The average Bonchev–Trinajstić information content (AvgIpc) is 2.86. The Morgan fingerprint density at radius 3 is 2.50 bits per heavy atom. The van der Waals surface area contributed by atoms with Gasteiger partial charge in [-0.3, -0.25) is 4.79 Å². The molecule has 2 aromatic heterocycles. The van der Waals surface area contributed by atoms with E-state index in [9.17, 15) is 10.1 Å². The van der Waals surface area contributed by atoms with Crippen LogP contribution in [0.4, 0.5) is 0 Å². The number of nitriles is 1. The first-order chi connectivity index (χ1) is 16.5. The topological polar surface area (TPSA) is 71.6 Å². The average molecular weight is 469 g/mol. The van der Waals surface area contributed by atoms with Crippen molar-refractivity contribution in [2.75, 3.05) is 0 Å². The SMILES string of the molecule is CCCCc1nc(C)n(-c2ccc(Cl)cn2)c(=O)c1Cc1ccc(-c2ccccc2C#N)cc1. The van der Waals surface area contributed by atoms with E-state index in [0.29, 0.717) is 34.2 Å². The van der Waals surface area contributed by atoms with Gasteiger partial charge in [0.15, 0.2) is 0 Å². The number of unbranched alkanes of at least 4 members (excludes halogenated alkanes) is 1. The molecule has 4 rings (SSSR count). The zero-order valence-corrected chi connectivity index (χ0v) is 20.0. The van der Waals surface area contributed by atoms with E-state index in [2.05, 4.69) is 18.0 Å². The molecule has 0 unspecified atom stereocenters. The molecule has 0 aliphatic carbocycles. The molecule has 4 aromatic rings. The maximum absolute atomic E-state index is 13.6. The Labute approximate surface area is 204 Å². The van der Waals surface area contributed by atoms with Crippen LogP contribution < -0.4 is 5.56 Å². The molecule has 0 fully saturated rings. The van der Waals surface area contributed by atoms with Crippen molar-refractivity contribution in [3.63, 3.8) is 0 Å². The van der Waals surface area contributed by atoms with Crippen molar-refractivity contribution in [3.05, 3.63) is 110 Å². The van der Waals surface area contributed by atoms with E-state index in [1.165, 1.54) is 6.20 Å². The lowest BCUT2D eigenvalue weighted by Crippen LogP contribution is -2.29. The van der Waals surface area contributed by atoms with Gasteiger partial charge < -0.3 is 0 Å². The minimum atomic E-state index is -0.104. The number of hydrogen-bond acceptors (Lipinski definition) is 4. The van der Waals surface area contributed by atoms with Crippen molar-refractivity contribution < 1.29 is 0 Å². The van der Waals surface area contributed by atoms with Crippen LogP contribution in [0.5, 0.6) is 0 Å². The van der Waals surface area contributed by atoms with Gasteiger partial charge in [0.25, 0.3) is 5.56 Å². The molecule has 5 nitrogen and oxygen atoms in total. The Morgan fingerprint density at radius 1 is 1.06 bits per heavy atom.